The molecule has 2 N–H and O–H groups in total. The van der Waals surface area contributed by atoms with Gasteiger partial charge in [-0.3, -0.25) is 4.79 Å². The maximum atomic E-state index is 11.5. The Hall–Kier alpha value is -1.11. The normalized spacial score (nSPS) is 12.4. The Bertz CT molecular complexity index is 687. The van der Waals surface area contributed by atoms with E-state index in [0.29, 0.717) is 11.2 Å². The second kappa shape index (κ2) is 7.24. The first-order chi connectivity index (χ1) is 9.99. The van der Waals surface area contributed by atoms with E-state index < -0.39 is 0 Å². The van der Waals surface area contributed by atoms with Crippen molar-refractivity contribution in [1.82, 2.24) is 15.3 Å². The van der Waals surface area contributed by atoms with E-state index in [0.717, 1.165) is 21.6 Å². The summed E-state index contributed by atoms with van der Waals surface area (Å²) >= 11 is 5.06. The highest BCUT2D eigenvalue weighted by molar-refractivity contribution is 9.10. The molecule has 1 heterocycles. The van der Waals surface area contributed by atoms with Crippen LogP contribution in [0.4, 0.5) is 0 Å². The Morgan fingerprint density at radius 3 is 2.81 bits per heavy atom. The van der Waals surface area contributed by atoms with Gasteiger partial charge in [-0.15, -0.1) is 0 Å². The number of rotatable bonds is 5. The summed E-state index contributed by atoms with van der Waals surface area (Å²) in [5.41, 5.74) is 1.81. The van der Waals surface area contributed by atoms with Crippen LogP contribution in [0.15, 0.2) is 43.6 Å². The van der Waals surface area contributed by atoms with E-state index in [-0.39, 0.29) is 5.56 Å². The standard InChI is InChI=1S/C15H18BrN3OS/c1-4-17-10(3)12-6-5-11(8-13(12)16)21-15-18-9(2)7-14(20)19-15/h5-8,10,17H,4H2,1-3H3,(H,18,19,20). The summed E-state index contributed by atoms with van der Waals surface area (Å²) in [6, 6.07) is 7.96. The fraction of sp³-hybridized carbons (Fsp3) is 0.333. The van der Waals surface area contributed by atoms with Gasteiger partial charge in [0.05, 0.1) is 0 Å². The molecule has 0 fully saturated rings. The van der Waals surface area contributed by atoms with Crippen LogP contribution in [-0.4, -0.2) is 16.5 Å². The third-order valence-electron chi connectivity index (χ3n) is 3.01. The summed E-state index contributed by atoms with van der Waals surface area (Å²) in [6.07, 6.45) is 0. The lowest BCUT2D eigenvalue weighted by Crippen LogP contribution is -2.18. The second-order valence-electron chi connectivity index (χ2n) is 4.76. The molecular formula is C15H18BrN3OS. The van der Waals surface area contributed by atoms with Gasteiger partial charge in [-0.25, -0.2) is 4.98 Å². The second-order valence-corrected chi connectivity index (χ2v) is 6.67. The molecule has 2 rings (SSSR count). The van der Waals surface area contributed by atoms with Crippen molar-refractivity contribution in [1.29, 1.82) is 0 Å². The molecule has 0 spiro atoms. The Balaban J connectivity index is 2.22. The van der Waals surface area contributed by atoms with E-state index in [9.17, 15) is 4.79 Å². The number of aryl methyl sites for hydroxylation is 1. The number of nitrogens with zero attached hydrogens (tertiary/aromatic N) is 1. The molecule has 0 saturated heterocycles. The molecule has 0 radical (unpaired) electrons. The van der Waals surface area contributed by atoms with Gasteiger partial charge in [-0.2, -0.15) is 0 Å². The minimum Gasteiger partial charge on any atom is -0.310 e. The van der Waals surface area contributed by atoms with E-state index in [1.165, 1.54) is 23.4 Å². The molecule has 112 valence electrons. The van der Waals surface area contributed by atoms with Gasteiger partial charge in [-0.05, 0) is 38.1 Å². The van der Waals surface area contributed by atoms with Gasteiger partial charge in [0.1, 0.15) is 0 Å². The minimum absolute atomic E-state index is 0.124. The molecule has 0 aliphatic carbocycles. The molecule has 1 unspecified atom stereocenters. The van der Waals surface area contributed by atoms with Gasteiger partial charge in [0.25, 0.3) is 5.56 Å². The van der Waals surface area contributed by atoms with Crippen molar-refractivity contribution in [3.8, 4) is 0 Å². The molecule has 1 aromatic carbocycles. The van der Waals surface area contributed by atoms with Gasteiger partial charge in [0, 0.05) is 27.2 Å². The number of hydrogen-bond donors (Lipinski definition) is 2. The molecule has 21 heavy (non-hydrogen) atoms. The SMILES string of the molecule is CCNC(C)c1ccc(Sc2nc(C)cc(=O)[nH]2)cc1Br. The summed E-state index contributed by atoms with van der Waals surface area (Å²) in [7, 11) is 0. The van der Waals surface area contributed by atoms with Crippen molar-refractivity contribution in [3.63, 3.8) is 0 Å². The maximum absolute atomic E-state index is 11.5. The zero-order chi connectivity index (χ0) is 15.4. The van der Waals surface area contributed by atoms with Crippen LogP contribution in [0.5, 0.6) is 0 Å². The third kappa shape index (κ3) is 4.43. The summed E-state index contributed by atoms with van der Waals surface area (Å²) in [6.45, 7) is 6.97. The monoisotopic (exact) mass is 367 g/mol. The first kappa shape index (κ1) is 16.3. The van der Waals surface area contributed by atoms with Gasteiger partial charge in [0.15, 0.2) is 5.16 Å². The average Bonchev–Trinajstić information content (AvgIpc) is 2.37. The maximum Gasteiger partial charge on any atom is 0.251 e. The largest absolute Gasteiger partial charge is 0.310 e. The highest BCUT2D eigenvalue weighted by Crippen LogP contribution is 2.31. The van der Waals surface area contributed by atoms with Crippen LogP contribution >= 0.6 is 27.7 Å². The molecule has 0 aliphatic heterocycles. The number of halogens is 1. The first-order valence-corrected chi connectivity index (χ1v) is 8.39. The van der Waals surface area contributed by atoms with Gasteiger partial charge >= 0.3 is 0 Å². The molecule has 0 aliphatic rings. The molecule has 1 aromatic heterocycles. The fourth-order valence-electron chi connectivity index (χ4n) is 2.05. The van der Waals surface area contributed by atoms with Crippen molar-refractivity contribution >= 4 is 27.7 Å². The van der Waals surface area contributed by atoms with Crippen LogP contribution in [-0.2, 0) is 0 Å². The van der Waals surface area contributed by atoms with Crippen LogP contribution in [0.25, 0.3) is 0 Å². The smallest absolute Gasteiger partial charge is 0.251 e. The predicted octanol–water partition coefficient (Wildman–Crippen LogP) is 3.66. The minimum atomic E-state index is -0.124. The van der Waals surface area contributed by atoms with Crippen molar-refractivity contribution in [2.24, 2.45) is 0 Å². The zero-order valence-electron chi connectivity index (χ0n) is 12.2. The lowest BCUT2D eigenvalue weighted by atomic mass is 10.1. The zero-order valence-corrected chi connectivity index (χ0v) is 14.6. The lowest BCUT2D eigenvalue weighted by Gasteiger charge is -2.15. The van der Waals surface area contributed by atoms with Crippen molar-refractivity contribution in [2.45, 2.75) is 36.9 Å². The van der Waals surface area contributed by atoms with Gasteiger partial charge in [0.2, 0.25) is 0 Å². The van der Waals surface area contributed by atoms with Crippen LogP contribution in [0.2, 0.25) is 0 Å². The van der Waals surface area contributed by atoms with Crippen LogP contribution in [0.1, 0.15) is 31.1 Å². The third-order valence-corrected chi connectivity index (χ3v) is 4.57. The van der Waals surface area contributed by atoms with E-state index in [2.05, 4.69) is 57.2 Å². The highest BCUT2D eigenvalue weighted by atomic mass is 79.9. The molecule has 0 bridgehead atoms. The summed E-state index contributed by atoms with van der Waals surface area (Å²) < 4.78 is 1.05. The number of H-pyrrole nitrogens is 1. The van der Waals surface area contributed by atoms with Gasteiger partial charge in [-0.1, -0.05) is 40.7 Å². The van der Waals surface area contributed by atoms with E-state index >= 15 is 0 Å². The van der Waals surface area contributed by atoms with Crippen LogP contribution in [0.3, 0.4) is 0 Å². The van der Waals surface area contributed by atoms with Crippen molar-refractivity contribution in [2.75, 3.05) is 6.54 Å². The summed E-state index contributed by atoms with van der Waals surface area (Å²) in [4.78, 5) is 19.6. The number of benzene rings is 1. The predicted molar refractivity (Wildman–Crippen MR) is 90.0 cm³/mol. The molecule has 6 heteroatoms. The Morgan fingerprint density at radius 2 is 2.19 bits per heavy atom. The molecule has 2 aromatic rings. The van der Waals surface area contributed by atoms with Crippen LogP contribution < -0.4 is 10.9 Å². The number of aromatic amines is 1. The molecule has 4 nitrogen and oxygen atoms in total. The molecule has 0 saturated carbocycles. The quantitative estimate of drug-likeness (QED) is 0.791. The molecule has 1 atom stereocenters. The van der Waals surface area contributed by atoms with E-state index in [4.69, 9.17) is 0 Å². The number of hydrogen-bond acceptors (Lipinski definition) is 4. The van der Waals surface area contributed by atoms with Crippen molar-refractivity contribution < 1.29 is 0 Å². The topological polar surface area (TPSA) is 57.8 Å². The summed E-state index contributed by atoms with van der Waals surface area (Å²) in [5, 5.41) is 4.00. The summed E-state index contributed by atoms with van der Waals surface area (Å²) in [5.74, 6) is 0. The Kier molecular flexibility index (Phi) is 5.61. The average molecular weight is 368 g/mol. The van der Waals surface area contributed by atoms with Crippen molar-refractivity contribution in [3.05, 3.63) is 50.3 Å². The van der Waals surface area contributed by atoms with Gasteiger partial charge < -0.3 is 10.3 Å². The Morgan fingerprint density at radius 1 is 1.43 bits per heavy atom. The molecular weight excluding hydrogens is 350 g/mol. The molecule has 0 amide bonds. The lowest BCUT2D eigenvalue weighted by molar-refractivity contribution is 0.595. The Labute approximate surface area is 136 Å². The first-order valence-electron chi connectivity index (χ1n) is 6.78. The van der Waals surface area contributed by atoms with Crippen LogP contribution in [0, 0.1) is 6.92 Å². The highest BCUT2D eigenvalue weighted by Gasteiger charge is 2.10. The fourth-order valence-corrected chi connectivity index (χ4v) is 3.80. The van der Waals surface area contributed by atoms with E-state index in [1.54, 1.807) is 0 Å². The number of aromatic nitrogens is 2. The number of nitrogens with one attached hydrogen (secondary N) is 2. The van der Waals surface area contributed by atoms with E-state index in [1.807, 2.05) is 13.0 Å².